The summed E-state index contributed by atoms with van der Waals surface area (Å²) < 4.78 is 19.1. The zero-order valence-corrected chi connectivity index (χ0v) is 18.2. The monoisotopic (exact) mass is 446 g/mol. The SMILES string of the molecule is O=C(C[C@H](NC(=O)c1ccccc1)c1ccccc1)N[C@H]1CCO[C@@H](c2ccc(F)cc2)C1. The van der Waals surface area contributed by atoms with Gasteiger partial charge in [-0.1, -0.05) is 60.7 Å². The quantitative estimate of drug-likeness (QED) is 0.552. The molecule has 0 bridgehead atoms. The number of carbonyl (C=O) groups excluding carboxylic acids is 2. The molecule has 0 saturated carbocycles. The van der Waals surface area contributed by atoms with Gasteiger partial charge in [0.1, 0.15) is 5.82 Å². The van der Waals surface area contributed by atoms with E-state index in [-0.39, 0.29) is 36.2 Å². The van der Waals surface area contributed by atoms with E-state index < -0.39 is 6.04 Å². The van der Waals surface area contributed by atoms with Crippen LogP contribution >= 0.6 is 0 Å². The summed E-state index contributed by atoms with van der Waals surface area (Å²) in [6, 6.07) is 24.2. The third-order valence-electron chi connectivity index (χ3n) is 5.82. The van der Waals surface area contributed by atoms with E-state index in [2.05, 4.69) is 10.6 Å². The number of ether oxygens (including phenoxy) is 1. The molecule has 0 unspecified atom stereocenters. The molecule has 3 aromatic carbocycles. The Morgan fingerprint density at radius 1 is 0.939 bits per heavy atom. The van der Waals surface area contributed by atoms with Crippen molar-refractivity contribution in [1.29, 1.82) is 0 Å². The highest BCUT2D eigenvalue weighted by atomic mass is 19.1. The van der Waals surface area contributed by atoms with Gasteiger partial charge in [0.25, 0.3) is 5.91 Å². The van der Waals surface area contributed by atoms with Crippen LogP contribution in [0, 0.1) is 5.82 Å². The third kappa shape index (κ3) is 6.26. The summed E-state index contributed by atoms with van der Waals surface area (Å²) in [5.41, 5.74) is 2.31. The van der Waals surface area contributed by atoms with Crippen LogP contribution in [0.2, 0.25) is 0 Å². The minimum absolute atomic E-state index is 0.0532. The predicted molar refractivity (Wildman–Crippen MR) is 124 cm³/mol. The molecular weight excluding hydrogens is 419 g/mol. The van der Waals surface area contributed by atoms with Gasteiger partial charge in [0.2, 0.25) is 5.91 Å². The summed E-state index contributed by atoms with van der Waals surface area (Å²) in [5.74, 6) is -0.648. The zero-order chi connectivity index (χ0) is 23.0. The Morgan fingerprint density at radius 2 is 1.61 bits per heavy atom. The molecule has 0 aromatic heterocycles. The number of hydrogen-bond acceptors (Lipinski definition) is 3. The first kappa shape index (κ1) is 22.7. The Labute approximate surface area is 193 Å². The number of hydrogen-bond donors (Lipinski definition) is 2. The fraction of sp³-hybridized carbons (Fsp3) is 0.259. The first-order valence-electron chi connectivity index (χ1n) is 11.2. The van der Waals surface area contributed by atoms with Crippen molar-refractivity contribution in [1.82, 2.24) is 10.6 Å². The predicted octanol–water partition coefficient (Wildman–Crippen LogP) is 4.72. The molecule has 3 atom stereocenters. The van der Waals surface area contributed by atoms with Gasteiger partial charge < -0.3 is 15.4 Å². The fourth-order valence-electron chi connectivity index (χ4n) is 4.08. The molecule has 4 rings (SSSR count). The Kier molecular flexibility index (Phi) is 7.47. The number of benzene rings is 3. The molecule has 1 aliphatic rings. The maximum Gasteiger partial charge on any atom is 0.251 e. The van der Waals surface area contributed by atoms with Crippen molar-refractivity contribution >= 4 is 11.8 Å². The van der Waals surface area contributed by atoms with Gasteiger partial charge in [-0.05, 0) is 48.2 Å². The van der Waals surface area contributed by atoms with Crippen molar-refractivity contribution in [3.05, 3.63) is 107 Å². The molecule has 0 spiro atoms. The molecule has 6 heteroatoms. The molecular formula is C27H27FN2O3. The molecule has 170 valence electrons. The molecule has 33 heavy (non-hydrogen) atoms. The smallest absolute Gasteiger partial charge is 0.251 e. The third-order valence-corrected chi connectivity index (χ3v) is 5.82. The highest BCUT2D eigenvalue weighted by Gasteiger charge is 2.26. The Morgan fingerprint density at radius 3 is 2.30 bits per heavy atom. The lowest BCUT2D eigenvalue weighted by Gasteiger charge is -2.31. The van der Waals surface area contributed by atoms with E-state index in [1.165, 1.54) is 12.1 Å². The minimum Gasteiger partial charge on any atom is -0.373 e. The average molecular weight is 447 g/mol. The number of nitrogens with one attached hydrogen (secondary N) is 2. The maximum atomic E-state index is 13.2. The van der Waals surface area contributed by atoms with Crippen molar-refractivity contribution in [3.63, 3.8) is 0 Å². The molecule has 1 fully saturated rings. The van der Waals surface area contributed by atoms with Crippen LogP contribution in [-0.4, -0.2) is 24.5 Å². The van der Waals surface area contributed by atoms with Gasteiger partial charge in [-0.3, -0.25) is 9.59 Å². The van der Waals surface area contributed by atoms with Crippen LogP contribution in [0.1, 0.15) is 52.9 Å². The van der Waals surface area contributed by atoms with E-state index in [4.69, 9.17) is 4.74 Å². The highest BCUT2D eigenvalue weighted by molar-refractivity contribution is 5.94. The van der Waals surface area contributed by atoms with Crippen LogP contribution < -0.4 is 10.6 Å². The highest BCUT2D eigenvalue weighted by Crippen LogP contribution is 2.28. The summed E-state index contributed by atoms with van der Waals surface area (Å²) in [6.07, 6.45) is 1.26. The van der Waals surface area contributed by atoms with Gasteiger partial charge >= 0.3 is 0 Å². The van der Waals surface area contributed by atoms with Crippen molar-refractivity contribution in [2.45, 2.75) is 37.5 Å². The Hall–Kier alpha value is -3.51. The molecule has 3 aromatic rings. The number of carbonyl (C=O) groups is 2. The largest absolute Gasteiger partial charge is 0.373 e. The standard InChI is InChI=1S/C27H27FN2O3/c28-22-13-11-20(12-14-22)25-17-23(15-16-33-25)29-26(31)18-24(19-7-3-1-4-8-19)30-27(32)21-9-5-2-6-10-21/h1-14,23-25H,15-18H2,(H,29,31)(H,30,32)/t23-,24-,25+/m0/s1. The minimum atomic E-state index is -0.452. The van der Waals surface area contributed by atoms with Gasteiger partial charge in [0.05, 0.1) is 18.6 Å². The summed E-state index contributed by atoms with van der Waals surface area (Å²) >= 11 is 0. The maximum absolute atomic E-state index is 13.2. The summed E-state index contributed by atoms with van der Waals surface area (Å²) in [5, 5.41) is 6.10. The van der Waals surface area contributed by atoms with Crippen molar-refractivity contribution in [2.24, 2.45) is 0 Å². The van der Waals surface area contributed by atoms with Crippen LogP contribution in [0.15, 0.2) is 84.9 Å². The van der Waals surface area contributed by atoms with E-state index >= 15 is 0 Å². The molecule has 1 saturated heterocycles. The topological polar surface area (TPSA) is 67.4 Å². The normalized spacial score (nSPS) is 18.8. The second-order valence-corrected chi connectivity index (χ2v) is 8.21. The van der Waals surface area contributed by atoms with E-state index in [0.717, 1.165) is 11.1 Å². The molecule has 5 nitrogen and oxygen atoms in total. The fourth-order valence-corrected chi connectivity index (χ4v) is 4.08. The number of amides is 2. The lowest BCUT2D eigenvalue weighted by molar-refractivity contribution is -0.123. The van der Waals surface area contributed by atoms with Crippen molar-refractivity contribution in [3.8, 4) is 0 Å². The first-order valence-corrected chi connectivity index (χ1v) is 11.2. The van der Waals surface area contributed by atoms with E-state index in [0.29, 0.717) is 25.0 Å². The average Bonchev–Trinajstić information content (AvgIpc) is 2.85. The van der Waals surface area contributed by atoms with E-state index in [1.54, 1.807) is 24.3 Å². The summed E-state index contributed by atoms with van der Waals surface area (Å²) in [6.45, 7) is 0.514. The Bertz CT molecular complexity index is 1060. The molecule has 2 N–H and O–H groups in total. The van der Waals surface area contributed by atoms with Crippen LogP contribution in [0.4, 0.5) is 4.39 Å². The molecule has 0 aliphatic carbocycles. The second kappa shape index (κ2) is 10.9. The van der Waals surface area contributed by atoms with Gasteiger partial charge in [0.15, 0.2) is 0 Å². The Balaban J connectivity index is 1.40. The molecule has 1 aliphatic heterocycles. The lowest BCUT2D eigenvalue weighted by atomic mass is 9.96. The molecule has 0 radical (unpaired) electrons. The van der Waals surface area contributed by atoms with Crippen LogP contribution in [0.3, 0.4) is 0 Å². The van der Waals surface area contributed by atoms with Crippen molar-refractivity contribution in [2.75, 3.05) is 6.61 Å². The van der Waals surface area contributed by atoms with Gasteiger partial charge in [-0.2, -0.15) is 0 Å². The van der Waals surface area contributed by atoms with Gasteiger partial charge in [-0.25, -0.2) is 4.39 Å². The van der Waals surface area contributed by atoms with E-state index in [1.807, 2.05) is 48.5 Å². The molecule has 2 amide bonds. The number of rotatable bonds is 7. The van der Waals surface area contributed by atoms with Crippen LogP contribution in [0.25, 0.3) is 0 Å². The van der Waals surface area contributed by atoms with Gasteiger partial charge in [-0.15, -0.1) is 0 Å². The second-order valence-electron chi connectivity index (χ2n) is 8.21. The van der Waals surface area contributed by atoms with E-state index in [9.17, 15) is 14.0 Å². The molecule has 1 heterocycles. The summed E-state index contributed by atoms with van der Waals surface area (Å²) in [7, 11) is 0. The van der Waals surface area contributed by atoms with Gasteiger partial charge in [0, 0.05) is 18.2 Å². The summed E-state index contributed by atoms with van der Waals surface area (Å²) in [4.78, 5) is 25.7. The first-order chi connectivity index (χ1) is 16.1. The van der Waals surface area contributed by atoms with Crippen LogP contribution in [-0.2, 0) is 9.53 Å². The van der Waals surface area contributed by atoms with Crippen LogP contribution in [0.5, 0.6) is 0 Å². The van der Waals surface area contributed by atoms with Crippen molar-refractivity contribution < 1.29 is 18.7 Å². The number of halogens is 1. The lowest BCUT2D eigenvalue weighted by Crippen LogP contribution is -2.41. The zero-order valence-electron chi connectivity index (χ0n) is 18.2.